The van der Waals surface area contributed by atoms with E-state index in [2.05, 4.69) is 5.32 Å². The smallest absolute Gasteiger partial charge is 0.130 e. The molecule has 19 heavy (non-hydrogen) atoms. The van der Waals surface area contributed by atoms with Crippen molar-refractivity contribution in [3.05, 3.63) is 59.9 Å². The molecule has 0 spiro atoms. The summed E-state index contributed by atoms with van der Waals surface area (Å²) in [7, 11) is 0. The van der Waals surface area contributed by atoms with Crippen LogP contribution < -0.4 is 10.1 Å². The first kappa shape index (κ1) is 13.5. The molecule has 0 bridgehead atoms. The Kier molecular flexibility index (Phi) is 4.89. The van der Waals surface area contributed by atoms with Crippen LogP contribution >= 0.6 is 0 Å². The molecule has 0 aliphatic rings. The van der Waals surface area contributed by atoms with E-state index < -0.39 is 0 Å². The normalized spacial score (nSPS) is 10.4. The maximum atomic E-state index is 13.0. The van der Waals surface area contributed by atoms with E-state index in [4.69, 9.17) is 9.84 Å². The van der Waals surface area contributed by atoms with Gasteiger partial charge in [-0.15, -0.1) is 0 Å². The Balaban J connectivity index is 1.95. The standard InChI is InChI=1S/C15H16FNO2/c16-13-2-1-3-15(10-13)19-14-6-4-12(5-7-14)11-17-8-9-18/h1-7,10,17-18H,8-9,11H2. The molecule has 0 saturated heterocycles. The van der Waals surface area contributed by atoms with Crippen molar-refractivity contribution in [2.45, 2.75) is 6.54 Å². The predicted molar refractivity (Wildman–Crippen MR) is 71.7 cm³/mol. The van der Waals surface area contributed by atoms with Crippen LogP contribution in [0.15, 0.2) is 48.5 Å². The molecule has 0 heterocycles. The lowest BCUT2D eigenvalue weighted by Gasteiger charge is -2.07. The van der Waals surface area contributed by atoms with Gasteiger partial charge in [0.15, 0.2) is 0 Å². The van der Waals surface area contributed by atoms with Crippen LogP contribution in [-0.2, 0) is 6.54 Å². The van der Waals surface area contributed by atoms with Crippen molar-refractivity contribution in [3.8, 4) is 11.5 Å². The van der Waals surface area contributed by atoms with Crippen molar-refractivity contribution in [1.29, 1.82) is 0 Å². The molecule has 0 saturated carbocycles. The fourth-order valence-electron chi connectivity index (χ4n) is 1.65. The third kappa shape index (κ3) is 4.35. The maximum Gasteiger partial charge on any atom is 0.130 e. The first-order chi connectivity index (χ1) is 9.28. The summed E-state index contributed by atoms with van der Waals surface area (Å²) in [6.45, 7) is 1.39. The maximum absolute atomic E-state index is 13.0. The summed E-state index contributed by atoms with van der Waals surface area (Å²) in [6, 6.07) is 13.6. The number of aliphatic hydroxyl groups is 1. The number of hydrogen-bond donors (Lipinski definition) is 2. The molecule has 4 heteroatoms. The minimum absolute atomic E-state index is 0.126. The number of benzene rings is 2. The highest BCUT2D eigenvalue weighted by Gasteiger charge is 1.99. The van der Waals surface area contributed by atoms with Crippen molar-refractivity contribution in [2.24, 2.45) is 0 Å². The van der Waals surface area contributed by atoms with Gasteiger partial charge in [0.1, 0.15) is 17.3 Å². The fraction of sp³-hybridized carbons (Fsp3) is 0.200. The molecule has 2 N–H and O–H groups in total. The van der Waals surface area contributed by atoms with Gasteiger partial charge in [0.05, 0.1) is 6.61 Å². The van der Waals surface area contributed by atoms with Gasteiger partial charge in [0.25, 0.3) is 0 Å². The van der Waals surface area contributed by atoms with Crippen LogP contribution in [0.5, 0.6) is 11.5 Å². The number of aliphatic hydroxyl groups excluding tert-OH is 1. The number of rotatable bonds is 6. The van der Waals surface area contributed by atoms with E-state index in [-0.39, 0.29) is 12.4 Å². The van der Waals surface area contributed by atoms with Crippen LogP contribution in [-0.4, -0.2) is 18.3 Å². The molecule has 0 radical (unpaired) electrons. The summed E-state index contributed by atoms with van der Waals surface area (Å²) in [5.41, 5.74) is 1.10. The van der Waals surface area contributed by atoms with Crippen molar-refractivity contribution in [1.82, 2.24) is 5.32 Å². The molecule has 0 fully saturated rings. The first-order valence-electron chi connectivity index (χ1n) is 6.12. The third-order valence-corrected chi connectivity index (χ3v) is 2.57. The summed E-state index contributed by atoms with van der Waals surface area (Å²) >= 11 is 0. The SMILES string of the molecule is OCCNCc1ccc(Oc2cccc(F)c2)cc1. The van der Waals surface area contributed by atoms with Crippen molar-refractivity contribution >= 4 is 0 Å². The molecule has 0 atom stereocenters. The van der Waals surface area contributed by atoms with Gasteiger partial charge in [0, 0.05) is 19.2 Å². The second-order valence-corrected chi connectivity index (χ2v) is 4.10. The van der Waals surface area contributed by atoms with E-state index in [0.29, 0.717) is 24.6 Å². The van der Waals surface area contributed by atoms with E-state index in [1.807, 2.05) is 24.3 Å². The Morgan fingerprint density at radius 1 is 1.05 bits per heavy atom. The highest BCUT2D eigenvalue weighted by molar-refractivity contribution is 5.33. The molecule has 0 aromatic heterocycles. The lowest BCUT2D eigenvalue weighted by Crippen LogP contribution is -2.17. The summed E-state index contributed by atoms with van der Waals surface area (Å²) in [6.07, 6.45) is 0. The minimum atomic E-state index is -0.317. The molecule has 0 amide bonds. The van der Waals surface area contributed by atoms with Gasteiger partial charge in [-0.2, -0.15) is 0 Å². The van der Waals surface area contributed by atoms with Gasteiger partial charge >= 0.3 is 0 Å². The average molecular weight is 261 g/mol. The average Bonchev–Trinajstić information content (AvgIpc) is 2.41. The lowest BCUT2D eigenvalue weighted by molar-refractivity contribution is 0.292. The summed E-state index contributed by atoms with van der Waals surface area (Å²) in [5.74, 6) is 0.824. The molecule has 0 unspecified atom stereocenters. The van der Waals surface area contributed by atoms with Crippen LogP contribution in [0.3, 0.4) is 0 Å². The van der Waals surface area contributed by atoms with E-state index in [0.717, 1.165) is 5.56 Å². The van der Waals surface area contributed by atoms with Gasteiger partial charge in [0.2, 0.25) is 0 Å². The molecule has 0 aliphatic carbocycles. The quantitative estimate of drug-likeness (QED) is 0.786. The van der Waals surface area contributed by atoms with E-state index in [1.54, 1.807) is 12.1 Å². The topological polar surface area (TPSA) is 41.5 Å². The summed E-state index contributed by atoms with van der Waals surface area (Å²) in [4.78, 5) is 0. The Morgan fingerprint density at radius 2 is 1.84 bits per heavy atom. The van der Waals surface area contributed by atoms with Crippen LogP contribution in [0.2, 0.25) is 0 Å². The molecule has 2 aromatic carbocycles. The molecule has 2 rings (SSSR count). The fourth-order valence-corrected chi connectivity index (χ4v) is 1.65. The number of nitrogens with one attached hydrogen (secondary N) is 1. The molecule has 100 valence electrons. The van der Waals surface area contributed by atoms with Crippen molar-refractivity contribution < 1.29 is 14.2 Å². The molecule has 3 nitrogen and oxygen atoms in total. The second-order valence-electron chi connectivity index (χ2n) is 4.10. The Morgan fingerprint density at radius 3 is 2.53 bits per heavy atom. The second kappa shape index (κ2) is 6.87. The van der Waals surface area contributed by atoms with Crippen LogP contribution in [0.4, 0.5) is 4.39 Å². The number of halogens is 1. The summed E-state index contributed by atoms with van der Waals surface area (Å²) < 4.78 is 18.5. The monoisotopic (exact) mass is 261 g/mol. The van der Waals surface area contributed by atoms with Gasteiger partial charge in [-0.3, -0.25) is 0 Å². The number of ether oxygens (including phenoxy) is 1. The van der Waals surface area contributed by atoms with Crippen molar-refractivity contribution in [2.75, 3.05) is 13.2 Å². The summed E-state index contributed by atoms with van der Waals surface area (Å²) in [5, 5.41) is 11.7. The predicted octanol–water partition coefficient (Wildman–Crippen LogP) is 2.70. The lowest BCUT2D eigenvalue weighted by atomic mass is 10.2. The van der Waals surface area contributed by atoms with E-state index in [1.165, 1.54) is 12.1 Å². The van der Waals surface area contributed by atoms with Gasteiger partial charge in [-0.25, -0.2) is 4.39 Å². The van der Waals surface area contributed by atoms with Crippen molar-refractivity contribution in [3.63, 3.8) is 0 Å². The first-order valence-corrected chi connectivity index (χ1v) is 6.12. The van der Waals surface area contributed by atoms with Gasteiger partial charge < -0.3 is 15.2 Å². The molecular weight excluding hydrogens is 245 g/mol. The molecule has 0 aliphatic heterocycles. The zero-order valence-electron chi connectivity index (χ0n) is 10.5. The molecular formula is C15H16FNO2. The van der Waals surface area contributed by atoms with Gasteiger partial charge in [-0.1, -0.05) is 18.2 Å². The van der Waals surface area contributed by atoms with Crippen LogP contribution in [0.1, 0.15) is 5.56 Å². The van der Waals surface area contributed by atoms with Crippen LogP contribution in [0.25, 0.3) is 0 Å². The molecule has 2 aromatic rings. The van der Waals surface area contributed by atoms with E-state index >= 15 is 0 Å². The third-order valence-electron chi connectivity index (χ3n) is 2.57. The highest BCUT2D eigenvalue weighted by Crippen LogP contribution is 2.22. The number of hydrogen-bond acceptors (Lipinski definition) is 3. The largest absolute Gasteiger partial charge is 0.457 e. The van der Waals surface area contributed by atoms with E-state index in [9.17, 15) is 4.39 Å². The Hall–Kier alpha value is -1.91. The zero-order valence-corrected chi connectivity index (χ0v) is 10.5. The Labute approximate surface area is 111 Å². The highest BCUT2D eigenvalue weighted by atomic mass is 19.1. The zero-order chi connectivity index (χ0) is 13.5. The minimum Gasteiger partial charge on any atom is -0.457 e. The van der Waals surface area contributed by atoms with Gasteiger partial charge in [-0.05, 0) is 29.8 Å². The van der Waals surface area contributed by atoms with Crippen LogP contribution in [0, 0.1) is 5.82 Å². The Bertz CT molecular complexity index is 514.